The Morgan fingerprint density at radius 1 is 1.53 bits per heavy atom. The van der Waals surface area contributed by atoms with E-state index >= 15 is 0 Å². The SMILES string of the molecule is CC1CN(CCn2ccnc2)CCC1=O. The molecule has 82 valence electrons. The second-order valence-corrected chi connectivity index (χ2v) is 4.22. The fraction of sp³-hybridized carbons (Fsp3) is 0.636. The zero-order valence-corrected chi connectivity index (χ0v) is 9.09. The van der Waals surface area contributed by atoms with Gasteiger partial charge in [0.1, 0.15) is 5.78 Å². The summed E-state index contributed by atoms with van der Waals surface area (Å²) in [6.45, 7) is 5.81. The number of piperidine rings is 1. The summed E-state index contributed by atoms with van der Waals surface area (Å²) in [5.41, 5.74) is 0. The number of Topliss-reactive ketones (excluding diaryl/α,β-unsaturated/α-hetero) is 1. The van der Waals surface area contributed by atoms with Gasteiger partial charge in [-0.3, -0.25) is 4.79 Å². The van der Waals surface area contributed by atoms with E-state index in [0.717, 1.165) is 26.2 Å². The predicted octanol–water partition coefficient (Wildman–Crippen LogP) is 0.794. The van der Waals surface area contributed by atoms with E-state index in [1.807, 2.05) is 19.4 Å². The van der Waals surface area contributed by atoms with Crippen LogP contribution < -0.4 is 0 Å². The van der Waals surface area contributed by atoms with Crippen LogP contribution in [0.1, 0.15) is 13.3 Å². The zero-order chi connectivity index (χ0) is 10.7. The fourth-order valence-corrected chi connectivity index (χ4v) is 1.97. The quantitative estimate of drug-likeness (QED) is 0.735. The third kappa shape index (κ3) is 2.65. The zero-order valence-electron chi connectivity index (χ0n) is 9.09. The lowest BCUT2D eigenvalue weighted by molar-refractivity contribution is -0.125. The predicted molar refractivity (Wildman–Crippen MR) is 57.5 cm³/mol. The Labute approximate surface area is 89.9 Å². The van der Waals surface area contributed by atoms with Crippen LogP contribution in [-0.2, 0) is 11.3 Å². The molecule has 1 aliphatic rings. The van der Waals surface area contributed by atoms with E-state index in [2.05, 4.69) is 14.5 Å². The number of ketones is 1. The Bertz CT molecular complexity index is 321. The summed E-state index contributed by atoms with van der Waals surface area (Å²) in [4.78, 5) is 17.7. The van der Waals surface area contributed by atoms with Gasteiger partial charge in [0.25, 0.3) is 0 Å². The lowest BCUT2D eigenvalue weighted by Crippen LogP contribution is -2.40. The standard InChI is InChI=1S/C11H17N3O/c1-10-8-13(4-2-11(10)15)6-7-14-5-3-12-9-14/h3,5,9-10H,2,4,6-8H2,1H3. The van der Waals surface area contributed by atoms with Gasteiger partial charge >= 0.3 is 0 Å². The number of carbonyl (C=O) groups is 1. The Kier molecular flexibility index (Phi) is 3.16. The molecule has 0 aromatic carbocycles. The first-order chi connectivity index (χ1) is 7.25. The Morgan fingerprint density at radius 3 is 3.07 bits per heavy atom. The Morgan fingerprint density at radius 2 is 2.40 bits per heavy atom. The minimum atomic E-state index is 0.210. The van der Waals surface area contributed by atoms with Crippen LogP contribution in [0.25, 0.3) is 0 Å². The van der Waals surface area contributed by atoms with Gasteiger partial charge in [0.2, 0.25) is 0 Å². The van der Waals surface area contributed by atoms with Gasteiger partial charge in [0, 0.05) is 50.9 Å². The van der Waals surface area contributed by atoms with Crippen molar-refractivity contribution in [1.82, 2.24) is 14.5 Å². The van der Waals surface area contributed by atoms with Gasteiger partial charge in [0.15, 0.2) is 0 Å². The molecule has 0 saturated carbocycles. The van der Waals surface area contributed by atoms with Crippen molar-refractivity contribution in [3.63, 3.8) is 0 Å². The molecule has 0 bridgehead atoms. The maximum absolute atomic E-state index is 11.3. The van der Waals surface area contributed by atoms with Gasteiger partial charge in [-0.15, -0.1) is 0 Å². The normalized spacial score (nSPS) is 23.3. The molecule has 0 radical (unpaired) electrons. The molecular formula is C11H17N3O. The van der Waals surface area contributed by atoms with Gasteiger partial charge in [0.05, 0.1) is 6.33 Å². The number of likely N-dealkylation sites (tertiary alicyclic amines) is 1. The van der Waals surface area contributed by atoms with Gasteiger partial charge in [-0.1, -0.05) is 6.92 Å². The topological polar surface area (TPSA) is 38.1 Å². The summed E-state index contributed by atoms with van der Waals surface area (Å²) in [5.74, 6) is 0.621. The first kappa shape index (κ1) is 10.4. The average Bonchev–Trinajstić information content (AvgIpc) is 2.73. The van der Waals surface area contributed by atoms with Crippen LogP contribution in [-0.4, -0.2) is 39.9 Å². The number of imidazole rings is 1. The highest BCUT2D eigenvalue weighted by molar-refractivity contribution is 5.81. The van der Waals surface area contributed by atoms with E-state index in [1.165, 1.54) is 0 Å². The molecule has 1 saturated heterocycles. The van der Waals surface area contributed by atoms with Crippen molar-refractivity contribution >= 4 is 5.78 Å². The molecule has 2 rings (SSSR count). The monoisotopic (exact) mass is 207 g/mol. The van der Waals surface area contributed by atoms with E-state index in [0.29, 0.717) is 12.2 Å². The number of aromatic nitrogens is 2. The minimum absolute atomic E-state index is 0.210. The smallest absolute Gasteiger partial charge is 0.138 e. The summed E-state index contributed by atoms with van der Waals surface area (Å²) in [6, 6.07) is 0. The van der Waals surface area contributed by atoms with Gasteiger partial charge in [-0.25, -0.2) is 4.98 Å². The van der Waals surface area contributed by atoms with Crippen LogP contribution in [0.5, 0.6) is 0 Å². The molecule has 0 spiro atoms. The highest BCUT2D eigenvalue weighted by Crippen LogP contribution is 2.11. The maximum Gasteiger partial charge on any atom is 0.138 e. The molecular weight excluding hydrogens is 190 g/mol. The number of hydrogen-bond acceptors (Lipinski definition) is 3. The van der Waals surface area contributed by atoms with Crippen molar-refractivity contribution < 1.29 is 4.79 Å². The van der Waals surface area contributed by atoms with Crippen LogP contribution in [0, 0.1) is 5.92 Å². The van der Waals surface area contributed by atoms with Crippen molar-refractivity contribution in [3.8, 4) is 0 Å². The molecule has 0 aliphatic carbocycles. The molecule has 1 aromatic heterocycles. The lowest BCUT2D eigenvalue weighted by Gasteiger charge is -2.29. The van der Waals surface area contributed by atoms with Crippen molar-refractivity contribution in [2.75, 3.05) is 19.6 Å². The van der Waals surface area contributed by atoms with Crippen molar-refractivity contribution in [1.29, 1.82) is 0 Å². The highest BCUT2D eigenvalue weighted by Gasteiger charge is 2.22. The van der Waals surface area contributed by atoms with Crippen molar-refractivity contribution in [2.24, 2.45) is 5.92 Å². The molecule has 1 aliphatic heterocycles. The number of carbonyl (C=O) groups excluding carboxylic acids is 1. The maximum atomic E-state index is 11.3. The minimum Gasteiger partial charge on any atom is -0.336 e. The van der Waals surface area contributed by atoms with E-state index in [1.54, 1.807) is 6.20 Å². The third-order valence-corrected chi connectivity index (χ3v) is 2.99. The van der Waals surface area contributed by atoms with Gasteiger partial charge in [-0.05, 0) is 0 Å². The fourth-order valence-electron chi connectivity index (χ4n) is 1.97. The summed E-state index contributed by atoms with van der Waals surface area (Å²) in [5, 5.41) is 0. The Balaban J connectivity index is 1.78. The Hall–Kier alpha value is -1.16. The molecule has 4 heteroatoms. The first-order valence-corrected chi connectivity index (χ1v) is 5.46. The summed E-state index contributed by atoms with van der Waals surface area (Å²) in [7, 11) is 0. The van der Waals surface area contributed by atoms with Crippen LogP contribution >= 0.6 is 0 Å². The van der Waals surface area contributed by atoms with Gasteiger partial charge in [-0.2, -0.15) is 0 Å². The largest absolute Gasteiger partial charge is 0.336 e. The molecule has 15 heavy (non-hydrogen) atoms. The molecule has 1 unspecified atom stereocenters. The second kappa shape index (κ2) is 4.57. The van der Waals surface area contributed by atoms with Crippen LogP contribution in [0.2, 0.25) is 0 Å². The molecule has 1 aromatic rings. The number of rotatable bonds is 3. The molecule has 0 N–H and O–H groups in total. The molecule has 0 amide bonds. The number of hydrogen-bond donors (Lipinski definition) is 0. The summed E-state index contributed by atoms with van der Waals surface area (Å²) in [6.07, 6.45) is 6.31. The van der Waals surface area contributed by atoms with E-state index < -0.39 is 0 Å². The molecule has 2 heterocycles. The van der Waals surface area contributed by atoms with E-state index in [-0.39, 0.29) is 5.92 Å². The van der Waals surface area contributed by atoms with Crippen LogP contribution in [0.4, 0.5) is 0 Å². The summed E-state index contributed by atoms with van der Waals surface area (Å²) < 4.78 is 2.07. The lowest BCUT2D eigenvalue weighted by atomic mass is 9.99. The van der Waals surface area contributed by atoms with Gasteiger partial charge < -0.3 is 9.47 Å². The van der Waals surface area contributed by atoms with E-state index in [9.17, 15) is 4.79 Å². The number of nitrogens with zero attached hydrogens (tertiary/aromatic N) is 3. The summed E-state index contributed by atoms with van der Waals surface area (Å²) >= 11 is 0. The average molecular weight is 207 g/mol. The molecule has 4 nitrogen and oxygen atoms in total. The molecule has 1 fully saturated rings. The van der Waals surface area contributed by atoms with Crippen molar-refractivity contribution in [3.05, 3.63) is 18.7 Å². The van der Waals surface area contributed by atoms with Crippen molar-refractivity contribution in [2.45, 2.75) is 19.9 Å². The third-order valence-electron chi connectivity index (χ3n) is 2.99. The second-order valence-electron chi connectivity index (χ2n) is 4.22. The molecule has 1 atom stereocenters. The van der Waals surface area contributed by atoms with Crippen LogP contribution in [0.3, 0.4) is 0 Å². The first-order valence-electron chi connectivity index (χ1n) is 5.46. The van der Waals surface area contributed by atoms with Crippen LogP contribution in [0.15, 0.2) is 18.7 Å². The van der Waals surface area contributed by atoms with E-state index in [4.69, 9.17) is 0 Å². The highest BCUT2D eigenvalue weighted by atomic mass is 16.1.